The SMILES string of the molecule is COc1cc(NC(=O)CSc2nc3c(I)cc(I)cc3c(=O)n2-c2ccc(S(N)(=O)=O)cc2)cc(OC)c1. The number of carbonyl (C=O) groups excluding carboxylic acids is 1. The van der Waals surface area contributed by atoms with E-state index in [1.807, 2.05) is 6.07 Å². The third-order valence-corrected chi connectivity index (χ3v) is 8.56. The number of benzene rings is 3. The molecule has 198 valence electrons. The topological polar surface area (TPSA) is 143 Å². The second-order valence-electron chi connectivity index (χ2n) is 7.80. The lowest BCUT2D eigenvalue weighted by molar-refractivity contribution is -0.113. The number of rotatable bonds is 8. The van der Waals surface area contributed by atoms with Crippen LogP contribution in [0.3, 0.4) is 0 Å². The fraction of sp³-hybridized carbons (Fsp3) is 0.125. The smallest absolute Gasteiger partial charge is 0.266 e. The fourth-order valence-electron chi connectivity index (χ4n) is 3.51. The van der Waals surface area contributed by atoms with Gasteiger partial charge in [0, 0.05) is 31.0 Å². The van der Waals surface area contributed by atoms with Gasteiger partial charge in [0.15, 0.2) is 5.16 Å². The Morgan fingerprint density at radius 3 is 2.26 bits per heavy atom. The monoisotopic (exact) mass is 778 g/mol. The molecule has 0 radical (unpaired) electrons. The lowest BCUT2D eigenvalue weighted by atomic mass is 10.2. The standard InChI is InChI=1S/C24H20I2N4O6S2/c1-35-16-9-14(10-17(11-16)36-2)28-21(31)12-37-24-29-22-19(7-13(25)8-20(22)26)23(32)30(24)15-3-5-18(6-4-15)38(27,33)34/h3-11H,12H2,1-2H3,(H,28,31)(H2,27,33,34). The molecule has 0 saturated carbocycles. The average Bonchev–Trinajstić information content (AvgIpc) is 2.87. The van der Waals surface area contributed by atoms with Crippen LogP contribution in [-0.4, -0.2) is 43.8 Å². The Kier molecular flexibility index (Phi) is 8.85. The predicted octanol–water partition coefficient (Wildman–Crippen LogP) is 3.99. The van der Waals surface area contributed by atoms with Crippen LogP contribution in [0, 0.1) is 7.14 Å². The maximum atomic E-state index is 13.6. The number of sulfonamides is 1. The lowest BCUT2D eigenvalue weighted by Gasteiger charge is -2.15. The quantitative estimate of drug-likeness (QED) is 0.156. The first kappa shape index (κ1) is 28.6. The third kappa shape index (κ3) is 6.41. The number of fused-ring (bicyclic) bond motifs is 1. The first-order chi connectivity index (χ1) is 18.0. The summed E-state index contributed by atoms with van der Waals surface area (Å²) < 4.78 is 36.9. The molecule has 0 aliphatic carbocycles. The van der Waals surface area contributed by atoms with Crippen molar-refractivity contribution in [2.24, 2.45) is 5.14 Å². The summed E-state index contributed by atoms with van der Waals surface area (Å²) in [5, 5.41) is 8.68. The molecule has 0 unspecified atom stereocenters. The van der Waals surface area contributed by atoms with Crippen LogP contribution in [0.4, 0.5) is 5.69 Å². The van der Waals surface area contributed by atoms with E-state index < -0.39 is 10.0 Å². The van der Waals surface area contributed by atoms with Crippen LogP contribution >= 0.6 is 56.9 Å². The fourth-order valence-corrected chi connectivity index (χ4v) is 6.80. The lowest BCUT2D eigenvalue weighted by Crippen LogP contribution is -2.23. The summed E-state index contributed by atoms with van der Waals surface area (Å²) >= 11 is 5.32. The number of halogens is 2. The summed E-state index contributed by atoms with van der Waals surface area (Å²) in [7, 11) is -0.885. The number of methoxy groups -OCH3 is 2. The van der Waals surface area contributed by atoms with Crippen molar-refractivity contribution in [2.45, 2.75) is 10.1 Å². The third-order valence-electron chi connectivity index (χ3n) is 5.25. The summed E-state index contributed by atoms with van der Waals surface area (Å²) in [5.74, 6) is 0.635. The van der Waals surface area contributed by atoms with E-state index in [9.17, 15) is 18.0 Å². The Hall–Kier alpha value is -2.41. The van der Waals surface area contributed by atoms with Gasteiger partial charge in [-0.05, 0) is 81.6 Å². The van der Waals surface area contributed by atoms with Gasteiger partial charge in [0.1, 0.15) is 11.5 Å². The number of nitrogens with two attached hydrogens (primary N) is 1. The number of hydrogen-bond acceptors (Lipinski definition) is 8. The van der Waals surface area contributed by atoms with Gasteiger partial charge in [0.2, 0.25) is 15.9 Å². The predicted molar refractivity (Wildman–Crippen MR) is 163 cm³/mol. The maximum absolute atomic E-state index is 13.6. The molecule has 4 rings (SSSR count). The summed E-state index contributed by atoms with van der Waals surface area (Å²) in [6.07, 6.45) is 0. The van der Waals surface area contributed by atoms with Crippen molar-refractivity contribution in [1.29, 1.82) is 0 Å². The zero-order chi connectivity index (χ0) is 27.6. The second kappa shape index (κ2) is 11.8. The van der Waals surface area contributed by atoms with E-state index >= 15 is 0 Å². The molecule has 0 aliphatic rings. The van der Waals surface area contributed by atoms with Crippen LogP contribution in [0.5, 0.6) is 11.5 Å². The normalized spacial score (nSPS) is 11.4. The highest BCUT2D eigenvalue weighted by Gasteiger charge is 2.18. The Morgan fingerprint density at radius 1 is 1.05 bits per heavy atom. The van der Waals surface area contributed by atoms with E-state index in [4.69, 9.17) is 19.6 Å². The summed E-state index contributed by atoms with van der Waals surface area (Å²) in [4.78, 5) is 31.1. The molecule has 3 aromatic carbocycles. The molecule has 1 amide bonds. The molecule has 14 heteroatoms. The first-order valence-electron chi connectivity index (χ1n) is 10.7. The number of aromatic nitrogens is 2. The van der Waals surface area contributed by atoms with E-state index in [2.05, 4.69) is 50.5 Å². The van der Waals surface area contributed by atoms with Gasteiger partial charge in [-0.2, -0.15) is 0 Å². The minimum Gasteiger partial charge on any atom is -0.497 e. The van der Waals surface area contributed by atoms with Gasteiger partial charge in [0.25, 0.3) is 5.56 Å². The number of ether oxygens (including phenoxy) is 2. The number of nitrogens with zero attached hydrogens (tertiary/aromatic N) is 2. The van der Waals surface area contributed by atoms with Crippen molar-refractivity contribution in [3.8, 4) is 17.2 Å². The van der Waals surface area contributed by atoms with Gasteiger partial charge < -0.3 is 14.8 Å². The van der Waals surface area contributed by atoms with E-state index in [1.165, 1.54) is 43.1 Å². The zero-order valence-corrected chi connectivity index (χ0v) is 25.8. The number of carbonyl (C=O) groups is 1. The largest absolute Gasteiger partial charge is 0.497 e. The molecule has 0 spiro atoms. The summed E-state index contributed by atoms with van der Waals surface area (Å²) in [6.45, 7) is 0. The van der Waals surface area contributed by atoms with Gasteiger partial charge in [0.05, 0.1) is 41.5 Å². The average molecular weight is 778 g/mol. The number of hydrogen-bond donors (Lipinski definition) is 2. The highest BCUT2D eigenvalue weighted by molar-refractivity contribution is 14.1. The van der Waals surface area contributed by atoms with Crippen molar-refractivity contribution in [2.75, 3.05) is 25.3 Å². The van der Waals surface area contributed by atoms with Crippen LogP contribution in [0.2, 0.25) is 0 Å². The van der Waals surface area contributed by atoms with Crippen LogP contribution < -0.4 is 25.5 Å². The molecule has 0 aliphatic heterocycles. The molecule has 3 N–H and O–H groups in total. The summed E-state index contributed by atoms with van der Waals surface area (Å²) in [5.41, 5.74) is 1.02. The van der Waals surface area contributed by atoms with Crippen LogP contribution in [-0.2, 0) is 14.8 Å². The van der Waals surface area contributed by atoms with Gasteiger partial charge >= 0.3 is 0 Å². The molecular formula is C24H20I2N4O6S2. The first-order valence-corrected chi connectivity index (χ1v) is 15.4. The molecule has 4 aromatic rings. The Bertz CT molecular complexity index is 1690. The minimum absolute atomic E-state index is 0.0618. The van der Waals surface area contributed by atoms with E-state index in [0.717, 1.165) is 18.9 Å². The number of nitrogens with one attached hydrogen (secondary N) is 1. The van der Waals surface area contributed by atoms with Crippen molar-refractivity contribution in [1.82, 2.24) is 9.55 Å². The summed E-state index contributed by atoms with van der Waals surface area (Å²) in [6, 6.07) is 14.2. The molecule has 10 nitrogen and oxygen atoms in total. The van der Waals surface area contributed by atoms with Crippen molar-refractivity contribution >= 4 is 89.5 Å². The molecule has 1 aromatic heterocycles. The highest BCUT2D eigenvalue weighted by Crippen LogP contribution is 2.28. The minimum atomic E-state index is -3.91. The molecule has 0 fully saturated rings. The molecule has 0 bridgehead atoms. The van der Waals surface area contributed by atoms with Crippen LogP contribution in [0.15, 0.2) is 69.4 Å². The Labute approximate surface area is 249 Å². The number of primary sulfonamides is 1. The molecule has 0 saturated heterocycles. The van der Waals surface area contributed by atoms with Gasteiger partial charge in [-0.15, -0.1) is 0 Å². The van der Waals surface area contributed by atoms with Crippen LogP contribution in [0.25, 0.3) is 16.6 Å². The molecule has 38 heavy (non-hydrogen) atoms. The molecule has 1 heterocycles. The molecular weight excluding hydrogens is 758 g/mol. The van der Waals surface area contributed by atoms with Gasteiger partial charge in [-0.3, -0.25) is 14.2 Å². The van der Waals surface area contributed by atoms with Gasteiger partial charge in [-0.1, -0.05) is 11.8 Å². The van der Waals surface area contributed by atoms with E-state index in [0.29, 0.717) is 33.8 Å². The zero-order valence-electron chi connectivity index (χ0n) is 19.9. The number of thioether (sulfide) groups is 1. The van der Waals surface area contributed by atoms with Crippen molar-refractivity contribution in [3.05, 3.63) is 72.1 Å². The highest BCUT2D eigenvalue weighted by atomic mass is 127. The maximum Gasteiger partial charge on any atom is 0.266 e. The van der Waals surface area contributed by atoms with Crippen LogP contribution in [0.1, 0.15) is 0 Å². The van der Waals surface area contributed by atoms with Gasteiger partial charge in [-0.25, -0.2) is 18.5 Å². The van der Waals surface area contributed by atoms with Crippen molar-refractivity contribution < 1.29 is 22.7 Å². The Balaban J connectivity index is 1.72. The van der Waals surface area contributed by atoms with E-state index in [-0.39, 0.29) is 27.3 Å². The second-order valence-corrected chi connectivity index (χ2v) is 12.7. The van der Waals surface area contributed by atoms with Crippen molar-refractivity contribution in [3.63, 3.8) is 0 Å². The Morgan fingerprint density at radius 2 is 1.68 bits per heavy atom. The van der Waals surface area contributed by atoms with E-state index in [1.54, 1.807) is 24.3 Å². The number of anilines is 1. The molecule has 0 atom stereocenters. The number of amides is 1.